The molecule has 1 unspecified atom stereocenters. The van der Waals surface area contributed by atoms with Crippen molar-refractivity contribution < 1.29 is 4.52 Å². The summed E-state index contributed by atoms with van der Waals surface area (Å²) in [6.45, 7) is 4.32. The van der Waals surface area contributed by atoms with Gasteiger partial charge in [-0.3, -0.25) is 0 Å². The molecule has 2 aromatic rings. The number of rotatable bonds is 5. The Labute approximate surface area is 138 Å². The molecule has 124 valence electrons. The average Bonchev–Trinajstić information content (AvgIpc) is 3.05. The van der Waals surface area contributed by atoms with Gasteiger partial charge in [0.05, 0.1) is 5.41 Å². The molecule has 1 aromatic heterocycles. The Bertz CT molecular complexity index is 644. The summed E-state index contributed by atoms with van der Waals surface area (Å²) in [5, 5.41) is 7.48. The highest BCUT2D eigenvalue weighted by molar-refractivity contribution is 5.38. The van der Waals surface area contributed by atoms with Crippen molar-refractivity contribution in [3.63, 3.8) is 0 Å². The molecule has 1 fully saturated rings. The van der Waals surface area contributed by atoms with Crippen molar-refractivity contribution in [2.75, 3.05) is 7.05 Å². The van der Waals surface area contributed by atoms with Gasteiger partial charge in [-0.15, -0.1) is 0 Å². The zero-order chi connectivity index (χ0) is 16.3. The molecule has 0 amide bonds. The smallest absolute Gasteiger partial charge is 0.237 e. The van der Waals surface area contributed by atoms with Gasteiger partial charge in [0.2, 0.25) is 5.89 Å². The second-order valence-electron chi connectivity index (χ2n) is 6.87. The van der Waals surface area contributed by atoms with Crippen LogP contribution in [0.2, 0.25) is 0 Å². The Kier molecular flexibility index (Phi) is 4.81. The molecule has 1 aliphatic carbocycles. The van der Waals surface area contributed by atoms with Crippen LogP contribution >= 0.6 is 0 Å². The minimum Gasteiger partial charge on any atom is -0.338 e. The molecule has 0 saturated heterocycles. The monoisotopic (exact) mass is 313 g/mol. The van der Waals surface area contributed by atoms with Crippen LogP contribution < -0.4 is 5.32 Å². The van der Waals surface area contributed by atoms with E-state index >= 15 is 0 Å². The molecule has 1 heterocycles. The van der Waals surface area contributed by atoms with Crippen molar-refractivity contribution in [1.82, 2.24) is 15.5 Å². The molecule has 0 bridgehead atoms. The van der Waals surface area contributed by atoms with Gasteiger partial charge in [-0.25, -0.2) is 0 Å². The van der Waals surface area contributed by atoms with Crippen molar-refractivity contribution in [2.24, 2.45) is 0 Å². The van der Waals surface area contributed by atoms with Gasteiger partial charge >= 0.3 is 0 Å². The Balaban J connectivity index is 1.98. The highest BCUT2D eigenvalue weighted by atomic mass is 16.5. The van der Waals surface area contributed by atoms with Crippen molar-refractivity contribution in [3.05, 3.63) is 47.1 Å². The second-order valence-corrected chi connectivity index (χ2v) is 6.87. The number of aromatic nitrogens is 2. The maximum absolute atomic E-state index is 5.77. The standard InChI is InChI=1S/C19H27N3O/c1-14-9-5-6-10-16(14)19(11-7-4-8-12-19)18-21-17(22-23-18)13-15(2)20-3/h5-6,9-10,15,20H,4,7-8,11-13H2,1-3H3. The van der Waals surface area contributed by atoms with Crippen LogP contribution in [0.25, 0.3) is 0 Å². The first kappa shape index (κ1) is 16.2. The Hall–Kier alpha value is -1.68. The van der Waals surface area contributed by atoms with Crippen LogP contribution in [-0.2, 0) is 11.8 Å². The highest BCUT2D eigenvalue weighted by Crippen LogP contribution is 2.45. The summed E-state index contributed by atoms with van der Waals surface area (Å²) >= 11 is 0. The maximum Gasteiger partial charge on any atom is 0.237 e. The molecule has 1 N–H and O–H groups in total. The summed E-state index contributed by atoms with van der Waals surface area (Å²) in [4.78, 5) is 4.79. The number of nitrogens with zero attached hydrogens (tertiary/aromatic N) is 2. The van der Waals surface area contributed by atoms with Crippen LogP contribution in [0, 0.1) is 6.92 Å². The molecule has 4 heteroatoms. The first-order valence-corrected chi connectivity index (χ1v) is 8.72. The van der Waals surface area contributed by atoms with Gasteiger partial charge in [-0.1, -0.05) is 48.7 Å². The Morgan fingerprint density at radius 1 is 1.22 bits per heavy atom. The van der Waals surface area contributed by atoms with E-state index in [1.165, 1.54) is 30.4 Å². The highest BCUT2D eigenvalue weighted by Gasteiger charge is 2.41. The second kappa shape index (κ2) is 6.83. The van der Waals surface area contributed by atoms with Crippen molar-refractivity contribution in [2.45, 2.75) is 63.8 Å². The molecular formula is C19H27N3O. The van der Waals surface area contributed by atoms with Crippen LogP contribution in [0.15, 0.2) is 28.8 Å². The lowest BCUT2D eigenvalue weighted by molar-refractivity contribution is 0.249. The van der Waals surface area contributed by atoms with Gasteiger partial charge in [0.15, 0.2) is 5.82 Å². The molecular weight excluding hydrogens is 286 g/mol. The van der Waals surface area contributed by atoms with E-state index in [9.17, 15) is 0 Å². The van der Waals surface area contributed by atoms with E-state index in [1.54, 1.807) is 0 Å². The molecule has 1 saturated carbocycles. The van der Waals surface area contributed by atoms with Gasteiger partial charge < -0.3 is 9.84 Å². The fourth-order valence-corrected chi connectivity index (χ4v) is 3.77. The topological polar surface area (TPSA) is 51.0 Å². The third kappa shape index (κ3) is 3.18. The largest absolute Gasteiger partial charge is 0.338 e. The van der Waals surface area contributed by atoms with Crippen LogP contribution in [0.4, 0.5) is 0 Å². The SMILES string of the molecule is CNC(C)Cc1noc(C2(c3ccccc3C)CCCCC2)n1. The number of likely N-dealkylation sites (N-methyl/N-ethyl adjacent to an activating group) is 1. The van der Waals surface area contributed by atoms with Gasteiger partial charge in [-0.05, 0) is 44.9 Å². The van der Waals surface area contributed by atoms with E-state index in [0.29, 0.717) is 6.04 Å². The summed E-state index contributed by atoms with van der Waals surface area (Å²) in [6, 6.07) is 9.00. The van der Waals surface area contributed by atoms with Gasteiger partial charge in [0, 0.05) is 12.5 Å². The lowest BCUT2D eigenvalue weighted by atomic mass is 9.68. The lowest BCUT2D eigenvalue weighted by Gasteiger charge is -2.35. The molecule has 0 spiro atoms. The maximum atomic E-state index is 5.77. The third-order valence-electron chi connectivity index (χ3n) is 5.23. The van der Waals surface area contributed by atoms with Crippen LogP contribution in [0.5, 0.6) is 0 Å². The predicted molar refractivity (Wildman–Crippen MR) is 91.6 cm³/mol. The minimum absolute atomic E-state index is 0.0995. The van der Waals surface area contributed by atoms with Crippen LogP contribution in [-0.4, -0.2) is 23.2 Å². The van der Waals surface area contributed by atoms with E-state index in [-0.39, 0.29) is 5.41 Å². The fourth-order valence-electron chi connectivity index (χ4n) is 3.77. The van der Waals surface area contributed by atoms with E-state index in [1.807, 2.05) is 7.05 Å². The number of nitrogens with one attached hydrogen (secondary N) is 1. The number of hydrogen-bond donors (Lipinski definition) is 1. The number of benzene rings is 1. The first-order valence-electron chi connectivity index (χ1n) is 8.72. The predicted octanol–water partition coefficient (Wildman–Crippen LogP) is 3.78. The fraction of sp³-hybridized carbons (Fsp3) is 0.579. The summed E-state index contributed by atoms with van der Waals surface area (Å²) in [7, 11) is 1.96. The lowest BCUT2D eigenvalue weighted by Crippen LogP contribution is -2.32. The van der Waals surface area contributed by atoms with Crippen molar-refractivity contribution in [1.29, 1.82) is 0 Å². The normalized spacial score (nSPS) is 18.7. The van der Waals surface area contributed by atoms with Gasteiger partial charge in [0.1, 0.15) is 0 Å². The van der Waals surface area contributed by atoms with E-state index in [0.717, 1.165) is 31.0 Å². The Morgan fingerprint density at radius 2 is 1.96 bits per heavy atom. The molecule has 3 rings (SSSR count). The zero-order valence-corrected chi connectivity index (χ0v) is 14.4. The number of hydrogen-bond acceptors (Lipinski definition) is 4. The Morgan fingerprint density at radius 3 is 2.65 bits per heavy atom. The van der Waals surface area contributed by atoms with Crippen molar-refractivity contribution >= 4 is 0 Å². The number of aryl methyl sites for hydroxylation is 1. The molecule has 1 atom stereocenters. The molecule has 0 aliphatic heterocycles. The van der Waals surface area contributed by atoms with E-state index in [2.05, 4.69) is 48.6 Å². The molecule has 1 aromatic carbocycles. The molecule has 23 heavy (non-hydrogen) atoms. The molecule has 0 radical (unpaired) electrons. The summed E-state index contributed by atoms with van der Waals surface area (Å²) < 4.78 is 5.77. The molecule has 4 nitrogen and oxygen atoms in total. The van der Waals surface area contributed by atoms with Gasteiger partial charge in [0.25, 0.3) is 0 Å². The van der Waals surface area contributed by atoms with Crippen LogP contribution in [0.3, 0.4) is 0 Å². The van der Waals surface area contributed by atoms with Crippen molar-refractivity contribution in [3.8, 4) is 0 Å². The van der Waals surface area contributed by atoms with Crippen LogP contribution in [0.1, 0.15) is 61.9 Å². The van der Waals surface area contributed by atoms with E-state index in [4.69, 9.17) is 9.51 Å². The molecule has 1 aliphatic rings. The first-order chi connectivity index (χ1) is 11.2. The van der Waals surface area contributed by atoms with Gasteiger partial charge in [-0.2, -0.15) is 4.98 Å². The quantitative estimate of drug-likeness (QED) is 0.912. The average molecular weight is 313 g/mol. The zero-order valence-electron chi connectivity index (χ0n) is 14.4. The summed E-state index contributed by atoms with van der Waals surface area (Å²) in [6.07, 6.45) is 6.73. The van der Waals surface area contributed by atoms with E-state index < -0.39 is 0 Å². The third-order valence-corrected chi connectivity index (χ3v) is 5.23. The summed E-state index contributed by atoms with van der Waals surface area (Å²) in [5.41, 5.74) is 2.58. The minimum atomic E-state index is -0.0995. The summed E-state index contributed by atoms with van der Waals surface area (Å²) in [5.74, 6) is 1.62.